The molecule has 0 unspecified atom stereocenters. The third-order valence-corrected chi connectivity index (χ3v) is 6.13. The highest BCUT2D eigenvalue weighted by Crippen LogP contribution is 2.36. The van der Waals surface area contributed by atoms with Crippen molar-refractivity contribution >= 4 is 28.4 Å². The van der Waals surface area contributed by atoms with Gasteiger partial charge in [-0.05, 0) is 55.0 Å². The summed E-state index contributed by atoms with van der Waals surface area (Å²) in [5.41, 5.74) is 2.68. The molecule has 0 radical (unpaired) electrons. The molecule has 1 aliphatic heterocycles. The predicted octanol–water partition coefficient (Wildman–Crippen LogP) is 5.64. The van der Waals surface area contributed by atoms with E-state index < -0.39 is 5.82 Å². The largest absolute Gasteiger partial charge is 0.456 e. The lowest BCUT2D eigenvalue weighted by atomic mass is 10.1. The molecule has 1 atom stereocenters. The van der Waals surface area contributed by atoms with Gasteiger partial charge in [-0.1, -0.05) is 24.2 Å². The van der Waals surface area contributed by atoms with Crippen molar-refractivity contribution in [3.63, 3.8) is 0 Å². The lowest BCUT2D eigenvalue weighted by Crippen LogP contribution is -2.27. The van der Waals surface area contributed by atoms with Gasteiger partial charge >= 0.3 is 0 Å². The van der Waals surface area contributed by atoms with Crippen LogP contribution in [0.4, 0.5) is 4.39 Å². The fraction of sp³-hybridized carbons (Fsp3) is 0.160. The first-order chi connectivity index (χ1) is 16.0. The molecular formula is C25H20ClFN4O2. The maximum atomic E-state index is 13.7. The molecule has 1 fully saturated rings. The Labute approximate surface area is 194 Å². The summed E-state index contributed by atoms with van der Waals surface area (Å²) in [5.74, 6) is 0.176. The number of hydrogen-bond donors (Lipinski definition) is 0. The molecule has 33 heavy (non-hydrogen) atoms. The van der Waals surface area contributed by atoms with Gasteiger partial charge in [0.15, 0.2) is 0 Å². The number of aromatic nitrogens is 3. The predicted molar refractivity (Wildman–Crippen MR) is 125 cm³/mol. The molecule has 0 spiro atoms. The zero-order chi connectivity index (χ0) is 22.9. The number of halogens is 2. The van der Waals surface area contributed by atoms with Gasteiger partial charge in [-0.3, -0.25) is 14.5 Å². The first kappa shape index (κ1) is 21.2. The number of hydrogen-bond acceptors (Lipinski definition) is 4. The van der Waals surface area contributed by atoms with E-state index in [9.17, 15) is 9.18 Å². The average molecular weight is 463 g/mol. The van der Waals surface area contributed by atoms with Crippen molar-refractivity contribution in [2.24, 2.45) is 0 Å². The van der Waals surface area contributed by atoms with Crippen LogP contribution in [0.3, 0.4) is 0 Å². The van der Waals surface area contributed by atoms with Gasteiger partial charge in [0.2, 0.25) is 5.91 Å². The standard InChI is InChI=1S/C25H20ClFN4O2/c1-2-23(32)30-13-11-17(15-30)31-25(19-14-28-12-10-21(19)29-31)16-6-8-18(9-7-16)33-22-5-3-4-20(27)24(22)26/h2-10,12,14,17H,1,11,13,15H2/t17-/m0/s1. The molecule has 2 aromatic heterocycles. The smallest absolute Gasteiger partial charge is 0.246 e. The number of carbonyl (C=O) groups is 1. The Balaban J connectivity index is 1.49. The Hall–Kier alpha value is -3.71. The van der Waals surface area contributed by atoms with E-state index in [2.05, 4.69) is 11.6 Å². The second-order valence-corrected chi connectivity index (χ2v) is 8.17. The molecule has 2 aromatic carbocycles. The number of carbonyl (C=O) groups excluding carboxylic acids is 1. The molecule has 1 aliphatic rings. The van der Waals surface area contributed by atoms with E-state index >= 15 is 0 Å². The molecule has 1 amide bonds. The van der Waals surface area contributed by atoms with Crippen LogP contribution >= 0.6 is 11.6 Å². The van der Waals surface area contributed by atoms with Gasteiger partial charge in [0.25, 0.3) is 0 Å². The highest BCUT2D eigenvalue weighted by atomic mass is 35.5. The zero-order valence-corrected chi connectivity index (χ0v) is 18.4. The Morgan fingerprint density at radius 2 is 2.03 bits per heavy atom. The molecular weight excluding hydrogens is 443 g/mol. The van der Waals surface area contributed by atoms with Crippen LogP contribution in [0.2, 0.25) is 5.02 Å². The van der Waals surface area contributed by atoms with Gasteiger partial charge in [0.1, 0.15) is 22.3 Å². The van der Waals surface area contributed by atoms with Crippen LogP contribution in [0.15, 0.2) is 73.6 Å². The lowest BCUT2D eigenvalue weighted by Gasteiger charge is -2.17. The summed E-state index contributed by atoms with van der Waals surface area (Å²) in [7, 11) is 0. The van der Waals surface area contributed by atoms with Crippen molar-refractivity contribution in [3.8, 4) is 22.8 Å². The summed E-state index contributed by atoms with van der Waals surface area (Å²) in [6.07, 6.45) is 5.65. The number of fused-ring (bicyclic) bond motifs is 1. The fourth-order valence-electron chi connectivity index (χ4n) is 4.14. The summed E-state index contributed by atoms with van der Waals surface area (Å²) in [5, 5.41) is 5.69. The van der Waals surface area contributed by atoms with Gasteiger partial charge in [-0.15, -0.1) is 0 Å². The molecule has 1 saturated heterocycles. The number of ether oxygens (including phenoxy) is 1. The lowest BCUT2D eigenvalue weighted by molar-refractivity contribution is -0.125. The van der Waals surface area contributed by atoms with Gasteiger partial charge in [-0.25, -0.2) is 4.39 Å². The summed E-state index contributed by atoms with van der Waals surface area (Å²) >= 11 is 6.01. The summed E-state index contributed by atoms with van der Waals surface area (Å²) in [4.78, 5) is 18.1. The van der Waals surface area contributed by atoms with Crippen LogP contribution < -0.4 is 4.74 Å². The molecule has 6 nitrogen and oxygen atoms in total. The maximum Gasteiger partial charge on any atom is 0.246 e. The second kappa shape index (κ2) is 8.67. The Morgan fingerprint density at radius 1 is 1.21 bits per heavy atom. The maximum absolute atomic E-state index is 13.7. The van der Waals surface area contributed by atoms with Crippen molar-refractivity contribution in [2.75, 3.05) is 13.1 Å². The monoisotopic (exact) mass is 462 g/mol. The first-order valence-electron chi connectivity index (χ1n) is 10.5. The molecule has 0 N–H and O–H groups in total. The highest BCUT2D eigenvalue weighted by Gasteiger charge is 2.29. The quantitative estimate of drug-likeness (QED) is 0.360. The molecule has 5 rings (SSSR count). The minimum Gasteiger partial charge on any atom is -0.456 e. The van der Waals surface area contributed by atoms with Gasteiger partial charge < -0.3 is 9.64 Å². The van der Waals surface area contributed by atoms with E-state index in [1.807, 2.05) is 22.9 Å². The number of amides is 1. The van der Waals surface area contributed by atoms with Crippen molar-refractivity contribution in [3.05, 3.63) is 84.4 Å². The summed E-state index contributed by atoms with van der Waals surface area (Å²) in [6.45, 7) is 4.81. The SMILES string of the molecule is C=CC(=O)N1CC[C@H](n2nc3ccncc3c2-c2ccc(Oc3cccc(F)c3Cl)cc2)C1. The minimum atomic E-state index is -0.533. The van der Waals surface area contributed by atoms with Crippen molar-refractivity contribution in [1.82, 2.24) is 19.7 Å². The van der Waals surface area contributed by atoms with E-state index in [-0.39, 0.29) is 22.7 Å². The minimum absolute atomic E-state index is 0.0401. The number of benzene rings is 2. The third-order valence-electron chi connectivity index (χ3n) is 5.77. The first-order valence-corrected chi connectivity index (χ1v) is 10.9. The Kier molecular flexibility index (Phi) is 5.56. The average Bonchev–Trinajstić information content (AvgIpc) is 3.47. The van der Waals surface area contributed by atoms with E-state index in [4.69, 9.17) is 21.4 Å². The van der Waals surface area contributed by atoms with Crippen molar-refractivity contribution in [2.45, 2.75) is 12.5 Å². The van der Waals surface area contributed by atoms with E-state index in [1.54, 1.807) is 41.6 Å². The molecule has 166 valence electrons. The zero-order valence-electron chi connectivity index (χ0n) is 17.6. The molecule has 0 bridgehead atoms. The van der Waals surface area contributed by atoms with Crippen LogP contribution in [0.1, 0.15) is 12.5 Å². The van der Waals surface area contributed by atoms with Gasteiger partial charge in [0, 0.05) is 36.4 Å². The molecule has 3 heterocycles. The normalized spacial score (nSPS) is 15.7. The fourth-order valence-corrected chi connectivity index (χ4v) is 4.30. The third kappa shape index (κ3) is 3.96. The summed E-state index contributed by atoms with van der Waals surface area (Å²) < 4.78 is 21.5. The number of pyridine rings is 1. The van der Waals surface area contributed by atoms with E-state index in [0.717, 1.165) is 28.6 Å². The van der Waals surface area contributed by atoms with Crippen LogP contribution in [0.5, 0.6) is 11.5 Å². The van der Waals surface area contributed by atoms with Crippen LogP contribution in [-0.4, -0.2) is 38.7 Å². The van der Waals surface area contributed by atoms with Crippen molar-refractivity contribution in [1.29, 1.82) is 0 Å². The molecule has 8 heteroatoms. The van der Waals surface area contributed by atoms with Crippen LogP contribution in [-0.2, 0) is 4.79 Å². The van der Waals surface area contributed by atoms with Gasteiger partial charge in [-0.2, -0.15) is 5.10 Å². The van der Waals surface area contributed by atoms with E-state index in [1.165, 1.54) is 12.1 Å². The highest BCUT2D eigenvalue weighted by molar-refractivity contribution is 6.32. The Morgan fingerprint density at radius 3 is 2.82 bits per heavy atom. The number of nitrogens with zero attached hydrogens (tertiary/aromatic N) is 4. The summed E-state index contributed by atoms with van der Waals surface area (Å²) in [6, 6.07) is 13.8. The topological polar surface area (TPSA) is 60.2 Å². The second-order valence-electron chi connectivity index (χ2n) is 7.80. The molecule has 4 aromatic rings. The van der Waals surface area contributed by atoms with Crippen LogP contribution in [0.25, 0.3) is 22.2 Å². The van der Waals surface area contributed by atoms with Gasteiger partial charge in [0.05, 0.1) is 17.3 Å². The number of rotatable bonds is 5. The Bertz CT molecular complexity index is 1350. The molecule has 0 saturated carbocycles. The van der Waals surface area contributed by atoms with Crippen molar-refractivity contribution < 1.29 is 13.9 Å². The van der Waals surface area contributed by atoms with E-state index in [0.29, 0.717) is 18.8 Å². The molecule has 0 aliphatic carbocycles. The van der Waals surface area contributed by atoms with Crippen LogP contribution in [0, 0.1) is 5.82 Å². The number of likely N-dealkylation sites (tertiary alicyclic amines) is 1.